The summed E-state index contributed by atoms with van der Waals surface area (Å²) in [5.74, 6) is 2.39. The second kappa shape index (κ2) is 23.8. The number of ether oxygens (including phenoxy) is 7. The Bertz CT molecular complexity index is 2300. The van der Waals surface area contributed by atoms with Gasteiger partial charge in [0.05, 0.1) is 68.6 Å². The fourth-order valence-corrected chi connectivity index (χ4v) is 10.8. The molecule has 2 amide bonds. The number of carbonyl (C=O) groups excluding carboxylic acids is 3. The number of nitrogens with zero attached hydrogens (tertiary/aromatic N) is 4. The van der Waals surface area contributed by atoms with Gasteiger partial charge >= 0.3 is 0 Å². The minimum atomic E-state index is -0.103. The van der Waals surface area contributed by atoms with Crippen molar-refractivity contribution in [3.63, 3.8) is 0 Å². The van der Waals surface area contributed by atoms with Crippen LogP contribution in [0.15, 0.2) is 75.7 Å². The summed E-state index contributed by atoms with van der Waals surface area (Å²) >= 11 is 0. The Morgan fingerprint density at radius 1 is 0.691 bits per heavy atom. The van der Waals surface area contributed by atoms with Crippen molar-refractivity contribution in [3.05, 3.63) is 88.0 Å². The molecule has 3 aromatic carbocycles. The summed E-state index contributed by atoms with van der Waals surface area (Å²) in [7, 11) is 6.64. The summed E-state index contributed by atoms with van der Waals surface area (Å²) in [6.07, 6.45) is 14.1. The summed E-state index contributed by atoms with van der Waals surface area (Å²) in [5, 5.41) is 0. The van der Waals surface area contributed by atoms with Crippen LogP contribution in [0.5, 0.6) is 28.7 Å². The summed E-state index contributed by atoms with van der Waals surface area (Å²) in [5.41, 5.74) is 5.96. The molecule has 0 N–H and O–H groups in total. The minimum Gasteiger partial charge on any atom is -0.493 e. The van der Waals surface area contributed by atoms with Gasteiger partial charge in [-0.1, -0.05) is 44.9 Å². The first kappa shape index (κ1) is 50.6. The fraction of sp³-hybridized carbons (Fsp3) is 0.481. The first-order valence-corrected chi connectivity index (χ1v) is 25.8. The molecule has 364 valence electrons. The molecule has 2 atom stereocenters. The molecule has 68 heavy (non-hydrogen) atoms. The van der Waals surface area contributed by atoms with Gasteiger partial charge in [-0.05, 0) is 101 Å². The topological polar surface area (TPSA) is 147 Å². The van der Waals surface area contributed by atoms with Crippen LogP contribution in [0, 0.1) is 0 Å². The van der Waals surface area contributed by atoms with E-state index in [1.54, 1.807) is 49.3 Å². The molecule has 7 rings (SSSR count). The summed E-state index contributed by atoms with van der Waals surface area (Å²) in [4.78, 5) is 52.9. The number of methoxy groups -OCH3 is 2. The number of fused-ring (bicyclic) bond motifs is 4. The van der Waals surface area contributed by atoms with Gasteiger partial charge in [-0.3, -0.25) is 24.4 Å². The number of benzene rings is 3. The lowest BCUT2D eigenvalue weighted by atomic mass is 10.0. The summed E-state index contributed by atoms with van der Waals surface area (Å²) < 4.78 is 42.2. The van der Waals surface area contributed by atoms with Crippen molar-refractivity contribution in [3.8, 4) is 28.7 Å². The van der Waals surface area contributed by atoms with E-state index in [-0.39, 0.29) is 54.2 Å². The summed E-state index contributed by atoms with van der Waals surface area (Å²) in [6.45, 7) is 11.7. The largest absolute Gasteiger partial charge is 0.493 e. The zero-order valence-corrected chi connectivity index (χ0v) is 41.9. The van der Waals surface area contributed by atoms with E-state index in [0.29, 0.717) is 110 Å². The maximum atomic E-state index is 13.7. The van der Waals surface area contributed by atoms with Crippen LogP contribution < -0.4 is 23.7 Å². The van der Waals surface area contributed by atoms with Gasteiger partial charge in [-0.2, -0.15) is 0 Å². The van der Waals surface area contributed by atoms with E-state index in [1.807, 2.05) is 65.1 Å². The van der Waals surface area contributed by atoms with E-state index < -0.39 is 0 Å². The molecule has 4 aliphatic rings. The first-order chi connectivity index (χ1) is 32.9. The number of aliphatic imine (C=N–C) groups is 2. The number of hydrogen-bond acceptors (Lipinski definition) is 14. The van der Waals surface area contributed by atoms with Gasteiger partial charge < -0.3 is 43.0 Å². The minimum absolute atomic E-state index is 0.0842. The van der Waals surface area contributed by atoms with Crippen molar-refractivity contribution >= 4 is 63.0 Å². The number of hydrogen-bond donors (Lipinski definition) is 0. The van der Waals surface area contributed by atoms with Crippen LogP contribution in [0.3, 0.4) is 0 Å². The predicted molar refractivity (Wildman–Crippen MR) is 270 cm³/mol. The Morgan fingerprint density at radius 3 is 1.71 bits per heavy atom. The third-order valence-electron chi connectivity index (χ3n) is 12.4. The maximum Gasteiger partial charge on any atom is 0.257 e. The molecule has 0 unspecified atom stereocenters. The molecule has 0 aliphatic carbocycles. The third kappa shape index (κ3) is 12.9. The highest BCUT2D eigenvalue weighted by molar-refractivity contribution is 8.76. The quantitative estimate of drug-likeness (QED) is 0.0478. The van der Waals surface area contributed by atoms with Crippen LogP contribution in [-0.2, 0) is 27.5 Å². The van der Waals surface area contributed by atoms with Crippen molar-refractivity contribution in [2.75, 3.05) is 66.6 Å². The lowest BCUT2D eigenvalue weighted by Gasteiger charge is -2.21. The SMILES string of the molecule is C/C=C1\C[C@H]2C=Nc3cc(OCc4cc(COc5cc6c(cc5OC)C(=O)N5C/C(=C/C)C[C@H]5C=N6)cc(OCCOCCOCCCC(=O)CCC(C)(C)SSC)c4)c(OC)cc3C(=O)N2C1. The Balaban J connectivity index is 0.996. The molecule has 0 spiro atoms. The number of Topliss-reactive ketones (excluding diaryl/α,β-unsaturated/α-hetero) is 1. The molecule has 4 heterocycles. The van der Waals surface area contributed by atoms with Crippen molar-refractivity contribution in [1.29, 1.82) is 0 Å². The Hall–Kier alpha value is -5.29. The maximum absolute atomic E-state index is 13.7. The third-order valence-corrected chi connectivity index (χ3v) is 15.0. The van der Waals surface area contributed by atoms with Crippen molar-refractivity contribution in [2.24, 2.45) is 9.98 Å². The molecule has 0 saturated carbocycles. The van der Waals surface area contributed by atoms with E-state index in [9.17, 15) is 14.4 Å². The number of amides is 2. The van der Waals surface area contributed by atoms with E-state index in [0.717, 1.165) is 30.4 Å². The summed E-state index contributed by atoms with van der Waals surface area (Å²) in [6, 6.07) is 12.5. The lowest BCUT2D eigenvalue weighted by molar-refractivity contribution is -0.119. The molecular weight excluding hydrogens is 905 g/mol. The molecule has 16 heteroatoms. The highest BCUT2D eigenvalue weighted by Crippen LogP contribution is 2.41. The zero-order valence-electron chi connectivity index (χ0n) is 40.3. The first-order valence-electron chi connectivity index (χ1n) is 23.2. The van der Waals surface area contributed by atoms with Crippen LogP contribution >= 0.6 is 21.6 Å². The van der Waals surface area contributed by atoms with E-state index in [4.69, 9.17) is 43.1 Å². The number of allylic oxidation sites excluding steroid dienone is 2. The Morgan fingerprint density at radius 2 is 1.21 bits per heavy atom. The number of ketones is 1. The molecule has 3 aromatic rings. The van der Waals surface area contributed by atoms with Crippen molar-refractivity contribution < 1.29 is 47.5 Å². The van der Waals surface area contributed by atoms with Crippen LogP contribution in [0.25, 0.3) is 0 Å². The van der Waals surface area contributed by atoms with Crippen LogP contribution in [-0.4, -0.2) is 123 Å². The second-order valence-electron chi connectivity index (χ2n) is 17.7. The lowest BCUT2D eigenvalue weighted by Crippen LogP contribution is -2.35. The zero-order chi connectivity index (χ0) is 48.2. The average molecular weight is 969 g/mol. The second-order valence-corrected chi connectivity index (χ2v) is 20.8. The van der Waals surface area contributed by atoms with Crippen molar-refractivity contribution in [2.45, 2.75) is 96.3 Å². The van der Waals surface area contributed by atoms with E-state index >= 15 is 0 Å². The predicted octanol–water partition coefficient (Wildman–Crippen LogP) is 9.95. The normalized spacial score (nSPS) is 18.6. The number of carbonyl (C=O) groups is 3. The van der Waals surface area contributed by atoms with Gasteiger partial charge in [0, 0.05) is 61.8 Å². The molecule has 2 fully saturated rings. The van der Waals surface area contributed by atoms with Gasteiger partial charge in [-0.25, -0.2) is 0 Å². The number of rotatable bonds is 24. The molecule has 0 bridgehead atoms. The highest BCUT2D eigenvalue weighted by atomic mass is 33.1. The smallest absolute Gasteiger partial charge is 0.257 e. The van der Waals surface area contributed by atoms with Crippen LogP contribution in [0.2, 0.25) is 0 Å². The Kier molecular flexibility index (Phi) is 17.7. The molecule has 2 saturated heterocycles. The molecular formula is C52H64N4O10S2. The standard InChI is InChI=1S/C52H64N4O10S2/c1-8-34-20-38-28-53-44-26-48(46(60-5)24-42(44)50(58)55(38)30-34)65-32-36-19-37(23-41(22-36)64-18-17-63-16-15-62-14-10-11-40(57)12-13-52(3,4)68-67-7)33-66-49-27-45-43(25-47(49)61-6)51(59)56-31-35(9-2)21-39(56)29-54-45/h8-9,19,22-29,38-39H,10-18,20-21,30-33H2,1-7H3/b34-8+,35-9+/t38-,39-/m0/s1. The average Bonchev–Trinajstić information content (AvgIpc) is 3.91. The van der Waals surface area contributed by atoms with Crippen LogP contribution in [0.1, 0.15) is 98.1 Å². The van der Waals surface area contributed by atoms with Gasteiger partial charge in [0.25, 0.3) is 11.8 Å². The van der Waals surface area contributed by atoms with Crippen molar-refractivity contribution in [1.82, 2.24) is 9.80 Å². The highest BCUT2D eigenvalue weighted by Gasteiger charge is 2.36. The Labute approximate surface area is 408 Å². The van der Waals surface area contributed by atoms with E-state index in [2.05, 4.69) is 32.3 Å². The monoisotopic (exact) mass is 968 g/mol. The van der Waals surface area contributed by atoms with E-state index in [1.165, 1.54) is 11.1 Å². The van der Waals surface area contributed by atoms with Crippen LogP contribution in [0.4, 0.5) is 11.4 Å². The van der Waals surface area contributed by atoms with Gasteiger partial charge in [0.15, 0.2) is 23.0 Å². The molecule has 0 aromatic heterocycles. The molecule has 0 radical (unpaired) electrons. The van der Waals surface area contributed by atoms with Gasteiger partial charge in [0.2, 0.25) is 0 Å². The molecule has 14 nitrogen and oxygen atoms in total. The fourth-order valence-electron chi connectivity index (χ4n) is 8.57. The molecule has 4 aliphatic heterocycles. The van der Waals surface area contributed by atoms with Gasteiger partial charge in [0.1, 0.15) is 31.4 Å². The van der Waals surface area contributed by atoms with Gasteiger partial charge in [-0.15, -0.1) is 0 Å².